The largest absolute Gasteiger partial charge is 0.478 e. The molecular weight excluding hydrogens is 545 g/mol. The number of aromatic nitrogens is 4. The van der Waals surface area contributed by atoms with Crippen molar-refractivity contribution in [2.24, 2.45) is 11.8 Å². The normalized spacial score (nSPS) is 17.6. The van der Waals surface area contributed by atoms with E-state index in [2.05, 4.69) is 38.0 Å². The lowest BCUT2D eigenvalue weighted by Crippen LogP contribution is -2.43. The van der Waals surface area contributed by atoms with Gasteiger partial charge in [-0.2, -0.15) is 15.0 Å². The SMILES string of the molecule is CC1CCC(C(=O)N(c2cc(F)c(Oc3ncc(Cn4nccn4)cc3Br)cc2C(=O)O)C(C)C)CC1. The Morgan fingerprint density at radius 2 is 1.86 bits per heavy atom. The molecule has 37 heavy (non-hydrogen) atoms. The first-order valence-corrected chi connectivity index (χ1v) is 13.0. The number of amides is 1. The van der Waals surface area contributed by atoms with Gasteiger partial charge in [-0.3, -0.25) is 4.79 Å². The van der Waals surface area contributed by atoms with Gasteiger partial charge in [-0.1, -0.05) is 6.92 Å². The van der Waals surface area contributed by atoms with Crippen molar-refractivity contribution in [3.05, 3.63) is 58.2 Å². The van der Waals surface area contributed by atoms with Gasteiger partial charge >= 0.3 is 5.97 Å². The average molecular weight is 574 g/mol. The van der Waals surface area contributed by atoms with Crippen LogP contribution >= 0.6 is 15.9 Å². The van der Waals surface area contributed by atoms with Crippen LogP contribution in [0.1, 0.15) is 62.4 Å². The summed E-state index contributed by atoms with van der Waals surface area (Å²) in [5.41, 5.74) is 0.575. The van der Waals surface area contributed by atoms with E-state index in [1.165, 1.54) is 15.9 Å². The number of carbonyl (C=O) groups excluding carboxylic acids is 1. The lowest BCUT2D eigenvalue weighted by atomic mass is 9.82. The molecule has 3 aromatic rings. The lowest BCUT2D eigenvalue weighted by molar-refractivity contribution is -0.123. The van der Waals surface area contributed by atoms with Gasteiger partial charge in [0.15, 0.2) is 11.6 Å². The fourth-order valence-corrected chi connectivity index (χ4v) is 5.04. The first-order chi connectivity index (χ1) is 17.6. The molecule has 9 nitrogen and oxygen atoms in total. The van der Waals surface area contributed by atoms with Crippen LogP contribution < -0.4 is 9.64 Å². The van der Waals surface area contributed by atoms with Crippen LogP contribution in [0.25, 0.3) is 0 Å². The molecule has 11 heteroatoms. The molecule has 0 saturated heterocycles. The van der Waals surface area contributed by atoms with Crippen LogP contribution in [-0.4, -0.2) is 43.0 Å². The summed E-state index contributed by atoms with van der Waals surface area (Å²) < 4.78 is 21.4. The average Bonchev–Trinajstić information content (AvgIpc) is 3.35. The number of benzene rings is 1. The van der Waals surface area contributed by atoms with Gasteiger partial charge in [-0.05, 0) is 73.0 Å². The molecule has 4 rings (SSSR count). The highest BCUT2D eigenvalue weighted by atomic mass is 79.9. The number of hydrogen-bond acceptors (Lipinski definition) is 6. The van der Waals surface area contributed by atoms with Crippen LogP contribution in [0.2, 0.25) is 0 Å². The Hall–Kier alpha value is -3.34. The van der Waals surface area contributed by atoms with Gasteiger partial charge in [0.05, 0.1) is 34.7 Å². The quantitative estimate of drug-likeness (QED) is 0.369. The minimum absolute atomic E-state index is 0.0186. The predicted octanol–water partition coefficient (Wildman–Crippen LogP) is 5.68. The summed E-state index contributed by atoms with van der Waals surface area (Å²) in [5, 5.41) is 18.1. The molecule has 1 saturated carbocycles. The predicted molar refractivity (Wildman–Crippen MR) is 138 cm³/mol. The summed E-state index contributed by atoms with van der Waals surface area (Å²) in [6.07, 6.45) is 8.02. The molecule has 1 amide bonds. The van der Waals surface area contributed by atoms with E-state index in [9.17, 15) is 14.7 Å². The molecule has 0 unspecified atom stereocenters. The van der Waals surface area contributed by atoms with Gasteiger partial charge in [0, 0.05) is 30.3 Å². The third-order valence-corrected chi connectivity index (χ3v) is 7.09. The van der Waals surface area contributed by atoms with Crippen molar-refractivity contribution >= 4 is 33.5 Å². The highest BCUT2D eigenvalue weighted by molar-refractivity contribution is 9.10. The van der Waals surface area contributed by atoms with Crippen molar-refractivity contribution in [2.75, 3.05) is 4.90 Å². The second-order valence-corrected chi connectivity index (χ2v) is 10.5. The number of nitrogens with zero attached hydrogens (tertiary/aromatic N) is 5. The number of rotatable bonds is 8. The van der Waals surface area contributed by atoms with E-state index in [-0.39, 0.29) is 40.7 Å². The van der Waals surface area contributed by atoms with Crippen LogP contribution in [0.3, 0.4) is 0 Å². The third kappa shape index (κ3) is 6.15. The number of carboxylic acid groups (broad SMARTS) is 1. The van der Waals surface area contributed by atoms with E-state index in [4.69, 9.17) is 4.74 Å². The molecule has 196 valence electrons. The van der Waals surface area contributed by atoms with Crippen molar-refractivity contribution in [3.63, 3.8) is 0 Å². The van der Waals surface area contributed by atoms with Gasteiger partial charge in [-0.25, -0.2) is 14.2 Å². The minimum Gasteiger partial charge on any atom is -0.478 e. The second-order valence-electron chi connectivity index (χ2n) is 9.66. The third-order valence-electron chi connectivity index (χ3n) is 6.52. The summed E-state index contributed by atoms with van der Waals surface area (Å²) in [6, 6.07) is 3.55. The van der Waals surface area contributed by atoms with Crippen LogP contribution in [-0.2, 0) is 11.3 Å². The number of anilines is 1. The topological polar surface area (TPSA) is 110 Å². The molecule has 0 aliphatic heterocycles. The summed E-state index contributed by atoms with van der Waals surface area (Å²) in [7, 11) is 0. The van der Waals surface area contributed by atoms with Crippen molar-refractivity contribution in [1.82, 2.24) is 20.0 Å². The summed E-state index contributed by atoms with van der Waals surface area (Å²) >= 11 is 3.38. The van der Waals surface area contributed by atoms with Gasteiger partial charge < -0.3 is 14.7 Å². The number of halogens is 2. The van der Waals surface area contributed by atoms with E-state index in [1.54, 1.807) is 32.3 Å². The molecule has 0 radical (unpaired) electrons. The van der Waals surface area contributed by atoms with Crippen LogP contribution in [0, 0.1) is 17.7 Å². The molecule has 1 aliphatic carbocycles. The molecule has 0 spiro atoms. The fourth-order valence-electron chi connectivity index (χ4n) is 4.57. The Morgan fingerprint density at radius 1 is 1.19 bits per heavy atom. The van der Waals surface area contributed by atoms with Crippen molar-refractivity contribution in [1.29, 1.82) is 0 Å². The van der Waals surface area contributed by atoms with Crippen molar-refractivity contribution in [3.8, 4) is 11.6 Å². The number of pyridine rings is 1. The zero-order chi connectivity index (χ0) is 26.7. The number of carbonyl (C=O) groups is 2. The maximum atomic E-state index is 15.3. The van der Waals surface area contributed by atoms with Crippen molar-refractivity contribution < 1.29 is 23.8 Å². The molecule has 1 aliphatic rings. The van der Waals surface area contributed by atoms with Crippen LogP contribution in [0.15, 0.2) is 41.3 Å². The molecule has 1 aromatic carbocycles. The lowest BCUT2D eigenvalue weighted by Gasteiger charge is -2.34. The summed E-state index contributed by atoms with van der Waals surface area (Å²) in [4.78, 5) is 32.8. The molecular formula is C26H29BrFN5O4. The Morgan fingerprint density at radius 3 is 2.46 bits per heavy atom. The highest BCUT2D eigenvalue weighted by Gasteiger charge is 2.33. The molecule has 1 fully saturated rings. The van der Waals surface area contributed by atoms with Crippen LogP contribution in [0.5, 0.6) is 11.6 Å². The Labute approximate surface area is 222 Å². The maximum absolute atomic E-state index is 15.3. The van der Waals surface area contributed by atoms with Gasteiger partial charge in [0.25, 0.3) is 0 Å². The van der Waals surface area contributed by atoms with Gasteiger partial charge in [-0.15, -0.1) is 0 Å². The Kier molecular flexibility index (Phi) is 8.21. The zero-order valence-corrected chi connectivity index (χ0v) is 22.5. The van der Waals surface area contributed by atoms with E-state index < -0.39 is 11.8 Å². The molecule has 1 N–H and O–H groups in total. The Bertz CT molecular complexity index is 1280. The van der Waals surface area contributed by atoms with Gasteiger partial charge in [0.2, 0.25) is 11.8 Å². The molecule has 2 aromatic heterocycles. The smallest absolute Gasteiger partial charge is 0.337 e. The summed E-state index contributed by atoms with van der Waals surface area (Å²) in [5.74, 6) is -2.16. The van der Waals surface area contributed by atoms with E-state index in [0.29, 0.717) is 16.9 Å². The number of carboxylic acids is 1. The number of aromatic carboxylic acids is 1. The standard InChI is InChI=1S/C26H29BrFN5O4/c1-15(2)33(25(34)18-6-4-16(3)5-7-18)22-12-21(28)23(11-19(22)26(35)36)37-24-20(27)10-17(13-29-24)14-32-30-8-9-31-32/h8-13,15-16,18H,4-7,14H2,1-3H3,(H,35,36). The van der Waals surface area contributed by atoms with Gasteiger partial charge in [0.1, 0.15) is 0 Å². The summed E-state index contributed by atoms with van der Waals surface area (Å²) in [6.45, 7) is 6.12. The van der Waals surface area contributed by atoms with E-state index >= 15 is 4.39 Å². The number of ether oxygens (including phenoxy) is 1. The molecule has 2 heterocycles. The number of hydrogen-bond donors (Lipinski definition) is 1. The van der Waals surface area contributed by atoms with E-state index in [1.807, 2.05) is 0 Å². The molecule has 0 bridgehead atoms. The fraction of sp³-hybridized carbons (Fsp3) is 0.423. The first kappa shape index (κ1) is 26.7. The zero-order valence-electron chi connectivity index (χ0n) is 20.9. The first-order valence-electron chi connectivity index (χ1n) is 12.2. The highest BCUT2D eigenvalue weighted by Crippen LogP contribution is 2.37. The Balaban J connectivity index is 1.62. The van der Waals surface area contributed by atoms with Crippen LogP contribution in [0.4, 0.5) is 10.1 Å². The van der Waals surface area contributed by atoms with E-state index in [0.717, 1.165) is 43.4 Å². The monoisotopic (exact) mass is 573 g/mol. The van der Waals surface area contributed by atoms with Crippen molar-refractivity contribution in [2.45, 2.75) is 59.0 Å². The molecule has 0 atom stereocenters. The second kappa shape index (κ2) is 11.4. The maximum Gasteiger partial charge on any atom is 0.337 e. The minimum atomic E-state index is -1.29.